The third-order valence-corrected chi connectivity index (χ3v) is 11.4. The standard InChI is InChI=1S/C46H40O15P2/c1-50-32-15-19-36(42(24-32)54-5)58-63(59-37-20-16-33(51-2)25-43(37)55-6)61-39-12-8-10-31-23-30-9-7-11-38(44(30)46(49)45(31)39)60-62(56-34-17-13-28(26-47)21-40(34)52-3)57-35-18-14-29(27-48)22-41(35)53-4/h7-27,49H,1-6H3. The minimum absolute atomic E-state index is 0.167. The Bertz CT molecular complexity index is 2640. The number of carbonyl (C=O) groups excluding carboxylic acids is 2. The normalized spacial score (nSPS) is 10.9. The van der Waals surface area contributed by atoms with Gasteiger partial charge in [-0.15, -0.1) is 0 Å². The van der Waals surface area contributed by atoms with Crippen LogP contribution in [0, 0.1) is 0 Å². The van der Waals surface area contributed by atoms with Crippen molar-refractivity contribution in [2.24, 2.45) is 0 Å². The van der Waals surface area contributed by atoms with Gasteiger partial charge in [-0.2, -0.15) is 0 Å². The number of fused-ring (bicyclic) bond motifs is 2. The van der Waals surface area contributed by atoms with E-state index in [4.69, 9.17) is 55.6 Å². The predicted octanol–water partition coefficient (Wildman–Crippen LogP) is 10.9. The van der Waals surface area contributed by atoms with E-state index in [1.54, 1.807) is 84.9 Å². The Morgan fingerprint density at radius 1 is 0.381 bits per heavy atom. The van der Waals surface area contributed by atoms with Gasteiger partial charge in [0, 0.05) is 23.3 Å². The molecule has 7 aromatic carbocycles. The Labute approximate surface area is 364 Å². The summed E-state index contributed by atoms with van der Waals surface area (Å²) in [6.07, 6.45) is 1.35. The van der Waals surface area contributed by atoms with Crippen LogP contribution in [0.3, 0.4) is 0 Å². The third kappa shape index (κ3) is 9.75. The van der Waals surface area contributed by atoms with Crippen molar-refractivity contribution in [3.8, 4) is 74.7 Å². The summed E-state index contributed by atoms with van der Waals surface area (Å²) < 4.78 is 71.5. The van der Waals surface area contributed by atoms with Crippen LogP contribution in [0.25, 0.3) is 21.5 Å². The van der Waals surface area contributed by atoms with Crippen LogP contribution in [-0.2, 0) is 0 Å². The molecule has 0 aliphatic heterocycles. The Balaban J connectivity index is 1.31. The van der Waals surface area contributed by atoms with E-state index >= 15 is 0 Å². The van der Waals surface area contributed by atoms with Crippen molar-refractivity contribution in [2.45, 2.75) is 0 Å². The Hall–Kier alpha value is -7.34. The van der Waals surface area contributed by atoms with E-state index in [0.29, 0.717) is 62.9 Å². The molecule has 0 heterocycles. The highest BCUT2D eigenvalue weighted by molar-refractivity contribution is 7.43. The smallest absolute Gasteiger partial charge is 0.506 e. The van der Waals surface area contributed by atoms with E-state index in [-0.39, 0.29) is 57.1 Å². The van der Waals surface area contributed by atoms with Crippen molar-refractivity contribution in [1.29, 1.82) is 0 Å². The first-order valence-corrected chi connectivity index (χ1v) is 21.0. The van der Waals surface area contributed by atoms with Gasteiger partial charge in [0.15, 0.2) is 46.0 Å². The number of phenolic OH excluding ortho intramolecular Hbond substituents is 1. The summed E-state index contributed by atoms with van der Waals surface area (Å²) in [4.78, 5) is 23.1. The molecule has 0 fully saturated rings. The lowest BCUT2D eigenvalue weighted by atomic mass is 10.0. The van der Waals surface area contributed by atoms with Gasteiger partial charge in [0.05, 0.1) is 53.4 Å². The number of phenols is 1. The Morgan fingerprint density at radius 2 is 0.730 bits per heavy atom. The molecule has 7 rings (SSSR count). The van der Waals surface area contributed by atoms with E-state index in [9.17, 15) is 14.7 Å². The highest BCUT2D eigenvalue weighted by Gasteiger charge is 2.29. The fraction of sp³-hybridized carbons (Fsp3) is 0.130. The maximum atomic E-state index is 12.3. The molecule has 0 unspecified atom stereocenters. The van der Waals surface area contributed by atoms with Crippen LogP contribution >= 0.6 is 17.2 Å². The maximum Gasteiger partial charge on any atom is 0.530 e. The number of hydrogen-bond acceptors (Lipinski definition) is 15. The summed E-state index contributed by atoms with van der Waals surface area (Å²) in [5.74, 6) is 3.35. The second kappa shape index (κ2) is 20.0. The molecule has 0 saturated heterocycles. The zero-order chi connectivity index (χ0) is 44.5. The molecule has 0 saturated carbocycles. The molecule has 0 aliphatic carbocycles. The minimum Gasteiger partial charge on any atom is -0.506 e. The molecule has 0 bridgehead atoms. The fourth-order valence-corrected chi connectivity index (χ4v) is 8.34. The van der Waals surface area contributed by atoms with Crippen LogP contribution in [-0.4, -0.2) is 60.3 Å². The summed E-state index contributed by atoms with van der Waals surface area (Å²) in [7, 11) is 4.10. The zero-order valence-corrected chi connectivity index (χ0v) is 36.5. The van der Waals surface area contributed by atoms with Gasteiger partial charge >= 0.3 is 17.2 Å². The molecule has 0 spiro atoms. The summed E-state index contributed by atoms with van der Waals surface area (Å²) in [5.41, 5.74) is 0.706. The van der Waals surface area contributed by atoms with Gasteiger partial charge < -0.3 is 60.7 Å². The number of aromatic hydroxyl groups is 1. The first kappa shape index (κ1) is 43.7. The third-order valence-electron chi connectivity index (χ3n) is 9.33. The first-order chi connectivity index (χ1) is 30.7. The van der Waals surface area contributed by atoms with E-state index in [0.717, 1.165) is 0 Å². The second-order valence-corrected chi connectivity index (χ2v) is 15.0. The highest BCUT2D eigenvalue weighted by atomic mass is 31.2. The van der Waals surface area contributed by atoms with Crippen LogP contribution in [0.5, 0.6) is 74.7 Å². The molecule has 0 amide bonds. The lowest BCUT2D eigenvalue weighted by Crippen LogP contribution is -2.05. The molecular formula is C46H40O15P2. The topological polar surface area (TPSA) is 165 Å². The maximum absolute atomic E-state index is 12.3. The second-order valence-electron chi connectivity index (χ2n) is 13.0. The van der Waals surface area contributed by atoms with Crippen molar-refractivity contribution in [3.63, 3.8) is 0 Å². The molecule has 0 aromatic heterocycles. The molecule has 324 valence electrons. The SMILES string of the molecule is COc1ccc(OP(Oc2ccc(OC)cc2OC)Oc2cccc3cc4cccc(OP(Oc5ccc(C=O)cc5OC)Oc5ccc(C=O)cc5OC)c4c(O)c23)c(OC)c1. The van der Waals surface area contributed by atoms with E-state index < -0.39 is 17.2 Å². The molecule has 0 atom stereocenters. The molecule has 63 heavy (non-hydrogen) atoms. The summed E-state index contributed by atoms with van der Waals surface area (Å²) in [5, 5.41) is 14.1. The largest absolute Gasteiger partial charge is 0.530 e. The molecule has 15 nitrogen and oxygen atoms in total. The number of benzene rings is 7. The van der Waals surface area contributed by atoms with Crippen LogP contribution in [0.2, 0.25) is 0 Å². The predicted molar refractivity (Wildman–Crippen MR) is 237 cm³/mol. The quantitative estimate of drug-likeness (QED) is 0.0436. The van der Waals surface area contributed by atoms with Crippen LogP contribution in [0.15, 0.2) is 115 Å². The van der Waals surface area contributed by atoms with Gasteiger partial charge in [-0.3, -0.25) is 9.59 Å². The van der Waals surface area contributed by atoms with Crippen LogP contribution in [0.1, 0.15) is 20.7 Å². The van der Waals surface area contributed by atoms with Crippen LogP contribution < -0.4 is 55.6 Å². The number of carbonyl (C=O) groups is 2. The number of rotatable bonds is 20. The highest BCUT2D eigenvalue weighted by Crippen LogP contribution is 2.53. The zero-order valence-electron chi connectivity index (χ0n) is 34.7. The van der Waals surface area contributed by atoms with Crippen molar-refractivity contribution >= 4 is 51.3 Å². The summed E-state index contributed by atoms with van der Waals surface area (Å²) >= 11 is 0. The van der Waals surface area contributed by atoms with E-state index in [1.165, 1.54) is 54.8 Å². The van der Waals surface area contributed by atoms with Crippen molar-refractivity contribution in [3.05, 3.63) is 126 Å². The molecule has 1 N–H and O–H groups in total. The lowest BCUT2D eigenvalue weighted by Gasteiger charge is -2.22. The summed E-state index contributed by atoms with van der Waals surface area (Å²) in [6.45, 7) is 0. The van der Waals surface area contributed by atoms with Gasteiger partial charge in [0.25, 0.3) is 0 Å². The number of aldehydes is 2. The number of hydrogen-bond donors (Lipinski definition) is 1. The van der Waals surface area contributed by atoms with Gasteiger partial charge in [0.1, 0.15) is 41.3 Å². The minimum atomic E-state index is -2.44. The molecule has 0 aliphatic rings. The number of ether oxygens (including phenoxy) is 6. The van der Waals surface area contributed by atoms with Gasteiger partial charge in [-0.1, -0.05) is 24.3 Å². The molecule has 17 heteroatoms. The monoisotopic (exact) mass is 894 g/mol. The van der Waals surface area contributed by atoms with Crippen molar-refractivity contribution < 1.29 is 70.3 Å². The average molecular weight is 895 g/mol. The van der Waals surface area contributed by atoms with Gasteiger partial charge in [-0.05, 0) is 89.6 Å². The lowest BCUT2D eigenvalue weighted by molar-refractivity contribution is 0.111. The molecular weight excluding hydrogens is 854 g/mol. The van der Waals surface area contributed by atoms with Crippen LogP contribution in [0.4, 0.5) is 0 Å². The number of methoxy groups -OCH3 is 6. The fourth-order valence-electron chi connectivity index (χ4n) is 6.25. The van der Waals surface area contributed by atoms with Crippen molar-refractivity contribution in [2.75, 3.05) is 42.7 Å². The van der Waals surface area contributed by atoms with E-state index in [2.05, 4.69) is 0 Å². The van der Waals surface area contributed by atoms with E-state index in [1.807, 2.05) is 18.2 Å². The summed E-state index contributed by atoms with van der Waals surface area (Å²) in [6, 6.07) is 31.5. The Kier molecular flexibility index (Phi) is 13.9. The van der Waals surface area contributed by atoms with Gasteiger partial charge in [0.2, 0.25) is 0 Å². The molecule has 7 aromatic rings. The average Bonchev–Trinajstić information content (AvgIpc) is 3.31. The van der Waals surface area contributed by atoms with Crippen molar-refractivity contribution in [1.82, 2.24) is 0 Å². The first-order valence-electron chi connectivity index (χ1n) is 18.8. The molecule has 0 radical (unpaired) electrons. The Morgan fingerprint density at radius 3 is 1.08 bits per heavy atom. The van der Waals surface area contributed by atoms with Gasteiger partial charge in [-0.25, -0.2) is 0 Å².